The molecular formula is C26H24N2O4. The summed E-state index contributed by atoms with van der Waals surface area (Å²) in [5.74, 6) is -0.518. The summed E-state index contributed by atoms with van der Waals surface area (Å²) in [4.78, 5) is 28.5. The highest BCUT2D eigenvalue weighted by atomic mass is 16.6. The summed E-state index contributed by atoms with van der Waals surface area (Å²) >= 11 is 0. The quantitative estimate of drug-likeness (QED) is 0.397. The van der Waals surface area contributed by atoms with E-state index >= 15 is 0 Å². The van der Waals surface area contributed by atoms with E-state index in [1.54, 1.807) is 0 Å². The Hall–Kier alpha value is -4.06. The average Bonchev–Trinajstić information content (AvgIpc) is 3.25. The first kappa shape index (κ1) is 21.2. The van der Waals surface area contributed by atoms with Gasteiger partial charge < -0.3 is 19.8 Å². The Morgan fingerprint density at radius 2 is 1.38 bits per heavy atom. The number of carbonyl (C=O) groups excluding carboxylic acids is 2. The molecule has 0 aliphatic carbocycles. The van der Waals surface area contributed by atoms with Gasteiger partial charge in [-0.1, -0.05) is 78.9 Å². The van der Waals surface area contributed by atoms with Gasteiger partial charge in [0.2, 0.25) is 0 Å². The summed E-state index contributed by atoms with van der Waals surface area (Å²) in [6.45, 7) is 0.246. The molecule has 0 bridgehead atoms. The van der Waals surface area contributed by atoms with Crippen molar-refractivity contribution >= 4 is 23.0 Å². The number of aromatic amines is 1. The van der Waals surface area contributed by atoms with Crippen LogP contribution in [0.2, 0.25) is 0 Å². The third-order valence-electron chi connectivity index (χ3n) is 5.11. The lowest BCUT2D eigenvalue weighted by Crippen LogP contribution is -2.43. The molecule has 0 aliphatic heterocycles. The van der Waals surface area contributed by atoms with Gasteiger partial charge >= 0.3 is 12.1 Å². The van der Waals surface area contributed by atoms with Gasteiger partial charge in [0.1, 0.15) is 19.3 Å². The second-order valence-corrected chi connectivity index (χ2v) is 7.42. The molecule has 4 aromatic rings. The summed E-state index contributed by atoms with van der Waals surface area (Å²) in [6, 6.07) is 25.7. The van der Waals surface area contributed by atoms with Crippen LogP contribution in [0.15, 0.2) is 91.1 Å². The SMILES string of the molecule is O=C(N[C@@H](Cc1c[nH]c2ccccc12)C(=O)OCc1ccccc1)OCc1ccccc1. The van der Waals surface area contributed by atoms with Crippen molar-refractivity contribution in [3.8, 4) is 0 Å². The first-order valence-electron chi connectivity index (χ1n) is 10.4. The number of H-pyrrole nitrogens is 1. The van der Waals surface area contributed by atoms with Gasteiger partial charge in [0.15, 0.2) is 0 Å². The Balaban J connectivity index is 1.45. The van der Waals surface area contributed by atoms with Crippen LogP contribution in [0.25, 0.3) is 10.9 Å². The monoisotopic (exact) mass is 428 g/mol. The molecule has 3 aromatic carbocycles. The minimum atomic E-state index is -0.888. The van der Waals surface area contributed by atoms with Crippen LogP contribution in [0.1, 0.15) is 16.7 Å². The van der Waals surface area contributed by atoms with E-state index < -0.39 is 18.1 Å². The molecule has 0 saturated carbocycles. The smallest absolute Gasteiger partial charge is 0.408 e. The van der Waals surface area contributed by atoms with Crippen molar-refractivity contribution in [3.63, 3.8) is 0 Å². The third-order valence-corrected chi connectivity index (χ3v) is 5.11. The molecule has 1 aromatic heterocycles. The van der Waals surface area contributed by atoms with Crippen molar-refractivity contribution < 1.29 is 19.1 Å². The number of hydrogen-bond donors (Lipinski definition) is 2. The number of carbonyl (C=O) groups is 2. The number of rotatable bonds is 8. The summed E-state index contributed by atoms with van der Waals surface area (Å²) in [7, 11) is 0. The fraction of sp³-hybridized carbons (Fsp3) is 0.154. The average molecular weight is 428 g/mol. The van der Waals surface area contributed by atoms with E-state index in [0.717, 1.165) is 27.6 Å². The summed E-state index contributed by atoms with van der Waals surface area (Å²) in [6.07, 6.45) is 1.45. The van der Waals surface area contributed by atoms with Crippen molar-refractivity contribution in [2.45, 2.75) is 25.7 Å². The van der Waals surface area contributed by atoms with Gasteiger partial charge in [0.05, 0.1) is 0 Å². The standard InChI is InChI=1S/C26H24N2O4/c29-25(31-17-19-9-3-1-4-10-19)24(15-21-16-27-23-14-8-7-13-22(21)23)28-26(30)32-18-20-11-5-2-6-12-20/h1-14,16,24,27H,15,17-18H2,(H,28,30)/t24-/m0/s1. The molecule has 0 aliphatic rings. The number of para-hydroxylation sites is 1. The minimum absolute atomic E-state index is 0.117. The first-order valence-corrected chi connectivity index (χ1v) is 10.4. The molecule has 162 valence electrons. The van der Waals surface area contributed by atoms with Gasteiger partial charge in [0.25, 0.3) is 0 Å². The maximum absolute atomic E-state index is 12.9. The molecule has 4 rings (SSSR count). The highest BCUT2D eigenvalue weighted by Gasteiger charge is 2.25. The molecule has 0 spiro atoms. The van der Waals surface area contributed by atoms with E-state index in [1.165, 1.54) is 0 Å². The van der Waals surface area contributed by atoms with Gasteiger partial charge in [-0.15, -0.1) is 0 Å². The van der Waals surface area contributed by atoms with Crippen molar-refractivity contribution in [1.29, 1.82) is 0 Å². The zero-order chi connectivity index (χ0) is 22.2. The predicted octanol–water partition coefficient (Wildman–Crippen LogP) is 4.75. The Morgan fingerprint density at radius 1 is 0.781 bits per heavy atom. The third kappa shape index (κ3) is 5.55. The molecule has 32 heavy (non-hydrogen) atoms. The number of ether oxygens (including phenoxy) is 2. The van der Waals surface area contributed by atoms with E-state index in [2.05, 4.69) is 10.3 Å². The van der Waals surface area contributed by atoms with Gasteiger partial charge in [-0.25, -0.2) is 9.59 Å². The zero-order valence-corrected chi connectivity index (χ0v) is 17.5. The highest BCUT2D eigenvalue weighted by Crippen LogP contribution is 2.19. The lowest BCUT2D eigenvalue weighted by atomic mass is 10.1. The molecule has 6 nitrogen and oxygen atoms in total. The van der Waals surface area contributed by atoms with Crippen LogP contribution in [-0.2, 0) is 33.9 Å². The van der Waals surface area contributed by atoms with Gasteiger partial charge in [-0.2, -0.15) is 0 Å². The van der Waals surface area contributed by atoms with E-state index in [-0.39, 0.29) is 19.6 Å². The molecule has 0 unspecified atom stereocenters. The molecular weight excluding hydrogens is 404 g/mol. The van der Waals surface area contributed by atoms with Crippen molar-refractivity contribution in [2.24, 2.45) is 0 Å². The number of benzene rings is 3. The van der Waals surface area contributed by atoms with E-state index in [1.807, 2.05) is 91.1 Å². The largest absolute Gasteiger partial charge is 0.459 e. The van der Waals surface area contributed by atoms with Crippen LogP contribution in [-0.4, -0.2) is 23.1 Å². The normalized spacial score (nSPS) is 11.6. The molecule has 6 heteroatoms. The minimum Gasteiger partial charge on any atom is -0.459 e. The van der Waals surface area contributed by atoms with Crippen LogP contribution >= 0.6 is 0 Å². The number of fused-ring (bicyclic) bond motifs is 1. The molecule has 1 amide bonds. The van der Waals surface area contributed by atoms with Crippen LogP contribution in [0.3, 0.4) is 0 Å². The van der Waals surface area contributed by atoms with Gasteiger partial charge in [-0.3, -0.25) is 0 Å². The molecule has 1 heterocycles. The van der Waals surface area contributed by atoms with Crippen LogP contribution < -0.4 is 5.32 Å². The molecule has 0 radical (unpaired) electrons. The Morgan fingerprint density at radius 3 is 2.06 bits per heavy atom. The summed E-state index contributed by atoms with van der Waals surface area (Å²) < 4.78 is 10.8. The topological polar surface area (TPSA) is 80.4 Å². The van der Waals surface area contributed by atoms with E-state index in [0.29, 0.717) is 0 Å². The summed E-state index contributed by atoms with van der Waals surface area (Å²) in [5, 5.41) is 3.67. The fourth-order valence-electron chi connectivity index (χ4n) is 3.45. The number of aromatic nitrogens is 1. The molecule has 1 atom stereocenters. The van der Waals surface area contributed by atoms with Crippen molar-refractivity contribution in [3.05, 3.63) is 108 Å². The number of nitrogens with one attached hydrogen (secondary N) is 2. The number of hydrogen-bond acceptors (Lipinski definition) is 4. The second kappa shape index (κ2) is 10.3. The van der Waals surface area contributed by atoms with Crippen LogP contribution in [0, 0.1) is 0 Å². The van der Waals surface area contributed by atoms with Gasteiger partial charge in [0, 0.05) is 23.5 Å². The predicted molar refractivity (Wildman–Crippen MR) is 122 cm³/mol. The maximum atomic E-state index is 12.9. The van der Waals surface area contributed by atoms with E-state index in [4.69, 9.17) is 9.47 Å². The molecule has 2 N–H and O–H groups in total. The van der Waals surface area contributed by atoms with Crippen molar-refractivity contribution in [1.82, 2.24) is 10.3 Å². The number of amides is 1. The number of alkyl carbamates (subject to hydrolysis) is 1. The Bertz CT molecular complexity index is 1170. The highest BCUT2D eigenvalue weighted by molar-refractivity contribution is 5.86. The van der Waals surface area contributed by atoms with Crippen LogP contribution in [0.4, 0.5) is 4.79 Å². The second-order valence-electron chi connectivity index (χ2n) is 7.42. The molecule has 0 fully saturated rings. The Kier molecular flexibility index (Phi) is 6.82. The maximum Gasteiger partial charge on any atom is 0.408 e. The lowest BCUT2D eigenvalue weighted by molar-refractivity contribution is -0.147. The number of esters is 1. The van der Waals surface area contributed by atoms with E-state index in [9.17, 15) is 9.59 Å². The molecule has 0 saturated heterocycles. The lowest BCUT2D eigenvalue weighted by Gasteiger charge is -2.17. The zero-order valence-electron chi connectivity index (χ0n) is 17.5. The fourth-order valence-corrected chi connectivity index (χ4v) is 3.45. The van der Waals surface area contributed by atoms with Gasteiger partial charge in [-0.05, 0) is 22.8 Å². The summed E-state index contributed by atoms with van der Waals surface area (Å²) in [5.41, 5.74) is 3.61. The Labute approximate surface area is 186 Å². The van der Waals surface area contributed by atoms with Crippen LogP contribution in [0.5, 0.6) is 0 Å². The first-order chi connectivity index (χ1) is 15.7. The van der Waals surface area contributed by atoms with Crippen molar-refractivity contribution in [2.75, 3.05) is 0 Å².